The van der Waals surface area contributed by atoms with Crippen molar-refractivity contribution in [2.45, 2.75) is 27.3 Å². The summed E-state index contributed by atoms with van der Waals surface area (Å²) in [4.78, 5) is 11.1. The number of hydrogen-bond acceptors (Lipinski definition) is 2. The number of primary amides is 1. The highest BCUT2D eigenvalue weighted by molar-refractivity contribution is 5.80. The van der Waals surface area contributed by atoms with Gasteiger partial charge in [-0.1, -0.05) is 6.07 Å². The maximum Gasteiger partial charge on any atom is 0.224 e. The summed E-state index contributed by atoms with van der Waals surface area (Å²) in [6, 6.07) is 4.68. The Hall–Kier alpha value is -1.42. The lowest BCUT2D eigenvalue weighted by Gasteiger charge is -2.21. The molecule has 0 spiro atoms. The molecule has 0 fully saturated rings. The molecule has 1 amide bonds. The van der Waals surface area contributed by atoms with Gasteiger partial charge in [0.1, 0.15) is 5.82 Å². The third-order valence-corrected chi connectivity index (χ3v) is 2.86. The molecule has 4 heteroatoms. The van der Waals surface area contributed by atoms with Crippen molar-refractivity contribution in [2.75, 3.05) is 6.54 Å². The molecule has 1 aromatic carbocycles. The zero-order valence-electron chi connectivity index (χ0n) is 10.5. The number of carbonyl (C=O) groups is 1. The van der Waals surface area contributed by atoms with Crippen LogP contribution in [0.3, 0.4) is 0 Å². The summed E-state index contributed by atoms with van der Waals surface area (Å²) >= 11 is 0. The molecule has 0 atom stereocenters. The van der Waals surface area contributed by atoms with Gasteiger partial charge in [0.05, 0.1) is 5.41 Å². The Bertz CT molecular complexity index is 416. The lowest BCUT2D eigenvalue weighted by Crippen LogP contribution is -2.40. The molecule has 0 radical (unpaired) electrons. The Morgan fingerprint density at radius 2 is 2.12 bits per heavy atom. The molecule has 3 N–H and O–H groups in total. The van der Waals surface area contributed by atoms with Crippen molar-refractivity contribution in [3.05, 3.63) is 35.1 Å². The summed E-state index contributed by atoms with van der Waals surface area (Å²) in [6.45, 7) is 6.48. The summed E-state index contributed by atoms with van der Waals surface area (Å²) in [5, 5.41) is 3.12. The third-order valence-electron chi connectivity index (χ3n) is 2.86. The molecule has 0 aromatic heterocycles. The van der Waals surface area contributed by atoms with Crippen molar-refractivity contribution in [2.24, 2.45) is 11.1 Å². The maximum absolute atomic E-state index is 13.0. The van der Waals surface area contributed by atoms with Crippen molar-refractivity contribution < 1.29 is 9.18 Å². The van der Waals surface area contributed by atoms with Crippen molar-refractivity contribution in [3.8, 4) is 0 Å². The van der Waals surface area contributed by atoms with E-state index in [4.69, 9.17) is 5.73 Å². The van der Waals surface area contributed by atoms with Crippen LogP contribution in [0.5, 0.6) is 0 Å². The van der Waals surface area contributed by atoms with Gasteiger partial charge in [-0.05, 0) is 44.0 Å². The van der Waals surface area contributed by atoms with E-state index >= 15 is 0 Å². The minimum atomic E-state index is -0.596. The van der Waals surface area contributed by atoms with Gasteiger partial charge in [0.2, 0.25) is 5.91 Å². The lowest BCUT2D eigenvalue weighted by molar-refractivity contribution is -0.125. The first-order chi connectivity index (χ1) is 7.83. The van der Waals surface area contributed by atoms with Crippen LogP contribution >= 0.6 is 0 Å². The molecule has 17 heavy (non-hydrogen) atoms. The van der Waals surface area contributed by atoms with Crippen LogP contribution in [-0.4, -0.2) is 12.5 Å². The predicted molar refractivity (Wildman–Crippen MR) is 65.8 cm³/mol. The molecule has 0 saturated carbocycles. The summed E-state index contributed by atoms with van der Waals surface area (Å²) in [7, 11) is 0. The highest BCUT2D eigenvalue weighted by Crippen LogP contribution is 2.14. The molecule has 1 aromatic rings. The predicted octanol–water partition coefficient (Wildman–Crippen LogP) is 1.74. The molecule has 94 valence electrons. The number of carbonyl (C=O) groups excluding carboxylic acids is 1. The second kappa shape index (κ2) is 5.27. The average Bonchev–Trinajstić information content (AvgIpc) is 2.22. The van der Waals surface area contributed by atoms with E-state index in [-0.39, 0.29) is 11.7 Å². The molecule has 0 heterocycles. The highest BCUT2D eigenvalue weighted by Gasteiger charge is 2.24. The fourth-order valence-electron chi connectivity index (χ4n) is 1.43. The molecule has 0 bridgehead atoms. The highest BCUT2D eigenvalue weighted by atomic mass is 19.1. The molecule has 0 unspecified atom stereocenters. The van der Waals surface area contributed by atoms with Crippen LogP contribution in [0.1, 0.15) is 25.0 Å². The number of nitrogens with one attached hydrogen (secondary N) is 1. The quantitative estimate of drug-likeness (QED) is 0.821. The summed E-state index contributed by atoms with van der Waals surface area (Å²) in [5.41, 5.74) is 6.59. The molecule has 0 aliphatic rings. The van der Waals surface area contributed by atoms with Crippen LogP contribution in [0, 0.1) is 18.2 Å². The van der Waals surface area contributed by atoms with Crippen LogP contribution < -0.4 is 11.1 Å². The van der Waals surface area contributed by atoms with Gasteiger partial charge in [0, 0.05) is 13.1 Å². The van der Waals surface area contributed by atoms with Gasteiger partial charge in [-0.2, -0.15) is 0 Å². The standard InChI is InChI=1S/C13H19FN2O/c1-9-4-5-11(14)6-10(9)7-16-8-13(2,3)12(15)17/h4-6,16H,7-8H2,1-3H3,(H2,15,17). The number of benzene rings is 1. The smallest absolute Gasteiger partial charge is 0.224 e. The number of nitrogens with two attached hydrogens (primary N) is 1. The number of hydrogen-bond donors (Lipinski definition) is 2. The van der Waals surface area contributed by atoms with Gasteiger partial charge in [0.15, 0.2) is 0 Å². The molecular weight excluding hydrogens is 219 g/mol. The molecule has 0 aliphatic carbocycles. The van der Waals surface area contributed by atoms with E-state index in [1.165, 1.54) is 12.1 Å². The lowest BCUT2D eigenvalue weighted by atomic mass is 9.92. The van der Waals surface area contributed by atoms with Gasteiger partial charge in [-0.25, -0.2) is 4.39 Å². The van der Waals surface area contributed by atoms with Crippen LogP contribution in [0.25, 0.3) is 0 Å². The topological polar surface area (TPSA) is 55.1 Å². The van der Waals surface area contributed by atoms with E-state index in [1.54, 1.807) is 19.9 Å². The second-order valence-electron chi connectivity index (χ2n) is 4.92. The van der Waals surface area contributed by atoms with Crippen molar-refractivity contribution in [1.82, 2.24) is 5.32 Å². The minimum absolute atomic E-state index is 0.249. The maximum atomic E-state index is 13.0. The van der Waals surface area contributed by atoms with Gasteiger partial charge >= 0.3 is 0 Å². The number of aryl methyl sites for hydroxylation is 1. The second-order valence-corrected chi connectivity index (χ2v) is 4.92. The van der Waals surface area contributed by atoms with Crippen LogP contribution in [0.2, 0.25) is 0 Å². The normalized spacial score (nSPS) is 11.5. The first kappa shape index (κ1) is 13.6. The van der Waals surface area contributed by atoms with E-state index in [1.807, 2.05) is 6.92 Å². The molecule has 1 rings (SSSR count). The largest absolute Gasteiger partial charge is 0.369 e. The minimum Gasteiger partial charge on any atom is -0.369 e. The first-order valence-electron chi connectivity index (χ1n) is 5.58. The Balaban J connectivity index is 2.57. The van der Waals surface area contributed by atoms with E-state index in [0.717, 1.165) is 11.1 Å². The molecular formula is C13H19FN2O. The fraction of sp³-hybridized carbons (Fsp3) is 0.462. The molecule has 0 saturated heterocycles. The molecule has 0 aliphatic heterocycles. The van der Waals surface area contributed by atoms with Gasteiger partial charge in [-0.15, -0.1) is 0 Å². The zero-order chi connectivity index (χ0) is 13.1. The Morgan fingerprint density at radius 3 is 2.71 bits per heavy atom. The van der Waals surface area contributed by atoms with E-state index < -0.39 is 5.41 Å². The van der Waals surface area contributed by atoms with Crippen molar-refractivity contribution in [3.63, 3.8) is 0 Å². The number of halogens is 1. The van der Waals surface area contributed by atoms with Gasteiger partial charge in [0.25, 0.3) is 0 Å². The Kier molecular flexibility index (Phi) is 4.23. The summed E-state index contributed by atoms with van der Waals surface area (Å²) < 4.78 is 13.0. The number of rotatable bonds is 5. The van der Waals surface area contributed by atoms with E-state index in [0.29, 0.717) is 13.1 Å². The Morgan fingerprint density at radius 1 is 1.47 bits per heavy atom. The monoisotopic (exact) mass is 238 g/mol. The number of amides is 1. The molecule has 3 nitrogen and oxygen atoms in total. The average molecular weight is 238 g/mol. The SMILES string of the molecule is Cc1ccc(F)cc1CNCC(C)(C)C(N)=O. The Labute approximate surface area is 101 Å². The van der Waals surface area contributed by atoms with E-state index in [2.05, 4.69) is 5.32 Å². The van der Waals surface area contributed by atoms with Gasteiger partial charge in [-0.3, -0.25) is 4.79 Å². The van der Waals surface area contributed by atoms with Crippen LogP contribution in [0.4, 0.5) is 4.39 Å². The summed E-state index contributed by atoms with van der Waals surface area (Å²) in [5.74, 6) is -0.595. The first-order valence-corrected chi connectivity index (χ1v) is 5.58. The van der Waals surface area contributed by atoms with Crippen LogP contribution in [0.15, 0.2) is 18.2 Å². The van der Waals surface area contributed by atoms with Crippen molar-refractivity contribution >= 4 is 5.91 Å². The summed E-state index contributed by atoms with van der Waals surface area (Å²) in [6.07, 6.45) is 0. The fourth-order valence-corrected chi connectivity index (χ4v) is 1.43. The third kappa shape index (κ3) is 3.82. The van der Waals surface area contributed by atoms with E-state index in [9.17, 15) is 9.18 Å². The van der Waals surface area contributed by atoms with Crippen LogP contribution in [-0.2, 0) is 11.3 Å². The van der Waals surface area contributed by atoms with Crippen molar-refractivity contribution in [1.29, 1.82) is 0 Å². The zero-order valence-corrected chi connectivity index (χ0v) is 10.5. The van der Waals surface area contributed by atoms with Gasteiger partial charge < -0.3 is 11.1 Å².